The van der Waals surface area contributed by atoms with Crippen molar-refractivity contribution in [2.24, 2.45) is 17.8 Å². The molecule has 1 nitrogen and oxygen atoms in total. The van der Waals surface area contributed by atoms with Gasteiger partial charge in [0.15, 0.2) is 11.6 Å². The van der Waals surface area contributed by atoms with Crippen LogP contribution in [0.4, 0.5) is 8.78 Å². The Labute approximate surface area is 204 Å². The molecule has 0 amide bonds. The molecule has 2 aromatic rings. The number of halogens is 2. The summed E-state index contributed by atoms with van der Waals surface area (Å²) < 4.78 is 34.2. The molecule has 0 bridgehead atoms. The van der Waals surface area contributed by atoms with Crippen LogP contribution in [0.15, 0.2) is 48.7 Å². The Morgan fingerprint density at radius 2 is 1.47 bits per heavy atom. The Morgan fingerprint density at radius 1 is 0.824 bits per heavy atom. The molecule has 0 saturated heterocycles. The van der Waals surface area contributed by atoms with Crippen LogP contribution in [-0.4, -0.2) is 0 Å². The number of benzene rings is 2. The lowest BCUT2D eigenvalue weighted by molar-refractivity contribution is 0.156. The van der Waals surface area contributed by atoms with Gasteiger partial charge in [0.25, 0.3) is 0 Å². The van der Waals surface area contributed by atoms with Gasteiger partial charge < -0.3 is 4.74 Å². The van der Waals surface area contributed by atoms with Gasteiger partial charge in [-0.25, -0.2) is 4.39 Å². The third-order valence-corrected chi connectivity index (χ3v) is 8.37. The average molecular weight is 467 g/mol. The summed E-state index contributed by atoms with van der Waals surface area (Å²) in [6.45, 7) is 4.06. The van der Waals surface area contributed by atoms with Crippen LogP contribution in [0.2, 0.25) is 0 Å². The fourth-order valence-corrected chi connectivity index (χ4v) is 6.29. The molecule has 2 aliphatic rings. The number of hydrogen-bond acceptors (Lipinski definition) is 1. The Balaban J connectivity index is 1.32. The van der Waals surface area contributed by atoms with E-state index in [-0.39, 0.29) is 11.3 Å². The maximum absolute atomic E-state index is 14.7. The minimum atomic E-state index is -0.947. The highest BCUT2D eigenvalue weighted by atomic mass is 19.2. The van der Waals surface area contributed by atoms with Gasteiger partial charge in [-0.3, -0.25) is 0 Å². The van der Waals surface area contributed by atoms with Crippen LogP contribution in [0.5, 0.6) is 5.75 Å². The molecule has 34 heavy (non-hydrogen) atoms. The number of rotatable bonds is 8. The molecule has 0 aliphatic heterocycles. The summed E-state index contributed by atoms with van der Waals surface area (Å²) in [5.74, 6) is 1.52. The summed E-state index contributed by atoms with van der Waals surface area (Å²) in [5, 5.41) is 0. The number of allylic oxidation sites excluding steroid dienone is 1. The van der Waals surface area contributed by atoms with E-state index in [1.54, 1.807) is 19.1 Å². The third kappa shape index (κ3) is 5.90. The van der Waals surface area contributed by atoms with Gasteiger partial charge in [0.2, 0.25) is 5.82 Å². The first-order valence-corrected chi connectivity index (χ1v) is 13.5. The van der Waals surface area contributed by atoms with Crippen molar-refractivity contribution < 1.29 is 13.5 Å². The van der Waals surface area contributed by atoms with Crippen molar-refractivity contribution >= 4 is 0 Å². The number of unbranched alkanes of at least 4 members (excludes halogenated alkanes) is 1. The van der Waals surface area contributed by atoms with Crippen LogP contribution in [-0.2, 0) is 0 Å². The van der Waals surface area contributed by atoms with Crippen LogP contribution in [0.3, 0.4) is 0 Å². The summed E-state index contributed by atoms with van der Waals surface area (Å²) in [5.41, 5.74) is 2.31. The molecular formula is C31H40F2O. The lowest BCUT2D eigenvalue weighted by Gasteiger charge is -2.38. The molecule has 3 heteroatoms. The molecule has 0 heterocycles. The first-order valence-electron chi connectivity index (χ1n) is 13.5. The molecule has 4 rings (SSSR count). The van der Waals surface area contributed by atoms with E-state index in [2.05, 4.69) is 19.1 Å². The summed E-state index contributed by atoms with van der Waals surface area (Å²) in [4.78, 5) is 0. The highest BCUT2D eigenvalue weighted by molar-refractivity contribution is 5.65. The van der Waals surface area contributed by atoms with Crippen molar-refractivity contribution in [3.63, 3.8) is 0 Å². The normalized spacial score (nSPS) is 25.5. The van der Waals surface area contributed by atoms with Gasteiger partial charge in [0, 0.05) is 5.56 Å². The minimum absolute atomic E-state index is 0.0952. The van der Waals surface area contributed by atoms with E-state index >= 15 is 0 Å². The van der Waals surface area contributed by atoms with Crippen LogP contribution >= 0.6 is 0 Å². The van der Waals surface area contributed by atoms with E-state index in [1.165, 1.54) is 88.5 Å². The van der Waals surface area contributed by atoms with Gasteiger partial charge in [-0.1, -0.05) is 69.4 Å². The van der Waals surface area contributed by atoms with Crippen LogP contribution < -0.4 is 4.74 Å². The Hall–Kier alpha value is -2.16. The average Bonchev–Trinajstić information content (AvgIpc) is 2.89. The highest BCUT2D eigenvalue weighted by Crippen LogP contribution is 2.44. The van der Waals surface area contributed by atoms with E-state index in [1.807, 2.05) is 12.1 Å². The van der Waals surface area contributed by atoms with Gasteiger partial charge in [-0.05, 0) is 92.4 Å². The fourth-order valence-electron chi connectivity index (χ4n) is 6.29. The molecule has 0 N–H and O–H groups in total. The van der Waals surface area contributed by atoms with Crippen molar-refractivity contribution in [3.05, 3.63) is 65.9 Å². The van der Waals surface area contributed by atoms with Crippen molar-refractivity contribution in [1.29, 1.82) is 0 Å². The van der Waals surface area contributed by atoms with Crippen molar-refractivity contribution in [2.75, 3.05) is 0 Å². The molecular weight excluding hydrogens is 426 g/mol. The highest BCUT2D eigenvalue weighted by Gasteiger charge is 2.31. The zero-order valence-corrected chi connectivity index (χ0v) is 20.9. The molecule has 2 aromatic carbocycles. The zero-order chi connectivity index (χ0) is 23.9. The van der Waals surface area contributed by atoms with Crippen molar-refractivity contribution in [2.45, 2.75) is 90.4 Å². The molecule has 0 spiro atoms. The lowest BCUT2D eigenvalue weighted by atomic mass is 9.68. The van der Waals surface area contributed by atoms with E-state index < -0.39 is 11.6 Å². The predicted molar refractivity (Wildman–Crippen MR) is 137 cm³/mol. The first-order chi connectivity index (χ1) is 16.6. The second kappa shape index (κ2) is 12.0. The summed E-state index contributed by atoms with van der Waals surface area (Å²) in [7, 11) is 0. The second-order valence-electron chi connectivity index (χ2n) is 10.5. The van der Waals surface area contributed by atoms with Gasteiger partial charge in [0.1, 0.15) is 0 Å². The largest absolute Gasteiger partial charge is 0.462 e. The summed E-state index contributed by atoms with van der Waals surface area (Å²) >= 11 is 0. The SMILES string of the molecule is C/C=C/Oc1ccc(-c2ccc(C3CCC(C4CCC(CCCC)CC4)CC3)cc2)c(F)c1F. The topological polar surface area (TPSA) is 9.23 Å². The molecule has 2 saturated carbocycles. The summed E-state index contributed by atoms with van der Waals surface area (Å²) in [6, 6.07) is 11.2. The molecule has 0 aromatic heterocycles. The molecule has 0 unspecified atom stereocenters. The van der Waals surface area contributed by atoms with Crippen LogP contribution in [0.25, 0.3) is 11.1 Å². The zero-order valence-electron chi connectivity index (χ0n) is 20.9. The lowest BCUT2D eigenvalue weighted by Crippen LogP contribution is -2.25. The molecule has 184 valence electrons. The van der Waals surface area contributed by atoms with E-state index in [0.29, 0.717) is 11.5 Å². The maximum Gasteiger partial charge on any atom is 0.201 e. The second-order valence-corrected chi connectivity index (χ2v) is 10.5. The van der Waals surface area contributed by atoms with E-state index in [4.69, 9.17) is 4.74 Å². The van der Waals surface area contributed by atoms with Crippen molar-refractivity contribution in [3.8, 4) is 16.9 Å². The van der Waals surface area contributed by atoms with Gasteiger partial charge in [-0.2, -0.15) is 4.39 Å². The fraction of sp³-hybridized carbons (Fsp3) is 0.548. The third-order valence-electron chi connectivity index (χ3n) is 8.37. The first kappa shape index (κ1) is 24.9. The Morgan fingerprint density at radius 3 is 2.09 bits per heavy atom. The molecule has 0 radical (unpaired) electrons. The van der Waals surface area contributed by atoms with Crippen molar-refractivity contribution in [1.82, 2.24) is 0 Å². The van der Waals surface area contributed by atoms with E-state index in [0.717, 1.165) is 17.8 Å². The molecule has 2 aliphatic carbocycles. The Kier molecular flexibility index (Phi) is 8.80. The van der Waals surface area contributed by atoms with Gasteiger partial charge >= 0.3 is 0 Å². The Bertz CT molecular complexity index is 933. The minimum Gasteiger partial charge on any atom is -0.462 e. The molecule has 0 atom stereocenters. The monoisotopic (exact) mass is 466 g/mol. The smallest absolute Gasteiger partial charge is 0.201 e. The predicted octanol–water partition coefficient (Wildman–Crippen LogP) is 9.81. The van der Waals surface area contributed by atoms with Gasteiger partial charge in [-0.15, -0.1) is 0 Å². The number of ether oxygens (including phenoxy) is 1. The molecule has 2 fully saturated rings. The quantitative estimate of drug-likeness (QED) is 0.352. The summed E-state index contributed by atoms with van der Waals surface area (Å²) in [6.07, 6.45) is 18.1. The standard InChI is InChI=1S/C31H40F2O/c1-3-5-6-22-7-9-23(10-8-22)24-11-13-25(14-12-24)26-15-17-27(18-16-26)28-19-20-29(34-21-4-2)31(33)30(28)32/h4,15-25H,3,5-14H2,1-2H3/b21-4+. The number of hydrogen-bond donors (Lipinski definition) is 0. The van der Waals surface area contributed by atoms with Crippen LogP contribution in [0, 0.1) is 29.4 Å². The maximum atomic E-state index is 14.7. The van der Waals surface area contributed by atoms with Crippen LogP contribution in [0.1, 0.15) is 96.0 Å². The van der Waals surface area contributed by atoms with Gasteiger partial charge in [0.05, 0.1) is 6.26 Å². The van der Waals surface area contributed by atoms with E-state index in [9.17, 15) is 8.78 Å².